The molecular formula is C19H21BrClFN2O. The lowest BCUT2D eigenvalue weighted by Crippen LogP contribution is -2.34. The number of halogens is 3. The summed E-state index contributed by atoms with van der Waals surface area (Å²) in [6.45, 7) is 0.969. The average molecular weight is 428 g/mol. The number of carbonyl (C=O) groups is 1. The molecule has 2 aromatic carbocycles. The maximum atomic E-state index is 13.7. The number of nitrogens with one attached hydrogen (secondary N) is 2. The van der Waals surface area contributed by atoms with Crippen LogP contribution in [0.4, 0.5) is 4.39 Å². The largest absolute Gasteiger partial charge is 0.345 e. The van der Waals surface area contributed by atoms with Crippen LogP contribution in [0.1, 0.15) is 36.4 Å². The highest BCUT2D eigenvalue weighted by atomic mass is 79.9. The maximum Gasteiger partial charge on any atom is 0.222 e. The lowest BCUT2D eigenvalue weighted by molar-refractivity contribution is -0.122. The fourth-order valence-electron chi connectivity index (χ4n) is 3.11. The predicted octanol–water partition coefficient (Wildman–Crippen LogP) is 4.36. The quantitative estimate of drug-likeness (QED) is 0.744. The lowest BCUT2D eigenvalue weighted by Gasteiger charge is -2.21. The molecule has 2 aromatic rings. The van der Waals surface area contributed by atoms with E-state index in [1.165, 1.54) is 12.1 Å². The topological polar surface area (TPSA) is 41.1 Å². The van der Waals surface area contributed by atoms with Gasteiger partial charge in [0.1, 0.15) is 5.82 Å². The highest BCUT2D eigenvalue weighted by molar-refractivity contribution is 9.10. The molecule has 3 nitrogen and oxygen atoms in total. The van der Waals surface area contributed by atoms with Crippen molar-refractivity contribution in [1.82, 2.24) is 10.6 Å². The van der Waals surface area contributed by atoms with Crippen molar-refractivity contribution in [3.05, 3.63) is 69.9 Å². The summed E-state index contributed by atoms with van der Waals surface area (Å²) in [7, 11) is 0. The lowest BCUT2D eigenvalue weighted by atomic mass is 9.98. The van der Waals surface area contributed by atoms with Crippen molar-refractivity contribution in [3.63, 3.8) is 0 Å². The van der Waals surface area contributed by atoms with Crippen LogP contribution in [-0.4, -0.2) is 18.5 Å². The van der Waals surface area contributed by atoms with Gasteiger partial charge in [-0.2, -0.15) is 0 Å². The fourth-order valence-corrected chi connectivity index (χ4v) is 3.52. The van der Waals surface area contributed by atoms with Crippen molar-refractivity contribution in [3.8, 4) is 0 Å². The molecule has 0 saturated carbocycles. The van der Waals surface area contributed by atoms with Gasteiger partial charge >= 0.3 is 0 Å². The summed E-state index contributed by atoms with van der Waals surface area (Å²) in [5.41, 5.74) is 1.66. The van der Waals surface area contributed by atoms with Crippen molar-refractivity contribution in [2.75, 3.05) is 6.54 Å². The first-order valence-corrected chi connectivity index (χ1v) is 8.95. The number of carbonyl (C=O) groups excluding carboxylic acids is 1. The molecule has 1 amide bonds. The average Bonchev–Trinajstić information content (AvgIpc) is 3.05. The standard InChI is InChI=1S/C19H20BrFN2O.ClH/c20-15-6-1-4-13(10-15)19(14-5-2-7-16(21)11-14)23-18(24)12-17-8-3-9-22-17;/h1-2,4-7,10-11,17,19,22H,3,8-9,12H2,(H,23,24);1H. The summed E-state index contributed by atoms with van der Waals surface area (Å²) in [4.78, 5) is 12.5. The van der Waals surface area contributed by atoms with Gasteiger partial charge in [0, 0.05) is 16.9 Å². The Kier molecular flexibility index (Phi) is 7.41. The van der Waals surface area contributed by atoms with Gasteiger partial charge in [-0.05, 0) is 54.8 Å². The minimum Gasteiger partial charge on any atom is -0.345 e. The summed E-state index contributed by atoms with van der Waals surface area (Å²) in [5, 5.41) is 6.39. The zero-order valence-corrected chi connectivity index (χ0v) is 16.1. The summed E-state index contributed by atoms with van der Waals surface area (Å²) >= 11 is 3.46. The van der Waals surface area contributed by atoms with Crippen LogP contribution in [0.25, 0.3) is 0 Å². The molecule has 1 aliphatic heterocycles. The highest BCUT2D eigenvalue weighted by Crippen LogP contribution is 2.25. The van der Waals surface area contributed by atoms with Crippen molar-refractivity contribution < 1.29 is 9.18 Å². The van der Waals surface area contributed by atoms with Gasteiger partial charge < -0.3 is 10.6 Å². The highest BCUT2D eigenvalue weighted by Gasteiger charge is 2.22. The molecule has 25 heavy (non-hydrogen) atoms. The second-order valence-corrected chi connectivity index (χ2v) is 7.02. The molecule has 6 heteroatoms. The smallest absolute Gasteiger partial charge is 0.222 e. The van der Waals surface area contributed by atoms with Crippen molar-refractivity contribution in [1.29, 1.82) is 0 Å². The predicted molar refractivity (Wildman–Crippen MR) is 103 cm³/mol. The van der Waals surface area contributed by atoms with Gasteiger partial charge in [0.05, 0.1) is 6.04 Å². The molecule has 134 valence electrons. The van der Waals surface area contributed by atoms with Crippen LogP contribution >= 0.6 is 28.3 Å². The number of hydrogen-bond donors (Lipinski definition) is 2. The van der Waals surface area contributed by atoms with Crippen LogP contribution in [-0.2, 0) is 4.79 Å². The number of amides is 1. The molecule has 1 aliphatic rings. The van der Waals surface area contributed by atoms with Gasteiger partial charge in [-0.1, -0.05) is 40.2 Å². The second-order valence-electron chi connectivity index (χ2n) is 6.11. The molecule has 1 saturated heterocycles. The van der Waals surface area contributed by atoms with E-state index in [1.807, 2.05) is 30.3 Å². The molecule has 1 fully saturated rings. The van der Waals surface area contributed by atoms with Crippen molar-refractivity contribution in [2.24, 2.45) is 0 Å². The minimum atomic E-state index is -0.368. The summed E-state index contributed by atoms with van der Waals surface area (Å²) in [6, 6.07) is 14.0. The van der Waals surface area contributed by atoms with E-state index in [0.29, 0.717) is 6.42 Å². The Morgan fingerprint density at radius 1 is 1.24 bits per heavy atom. The van der Waals surface area contributed by atoms with Crippen LogP contribution in [0.2, 0.25) is 0 Å². The van der Waals surface area contributed by atoms with Gasteiger partial charge in [0.25, 0.3) is 0 Å². The third-order valence-electron chi connectivity index (χ3n) is 4.26. The van der Waals surface area contributed by atoms with Gasteiger partial charge in [0.15, 0.2) is 0 Å². The van der Waals surface area contributed by atoms with Crippen molar-refractivity contribution >= 4 is 34.2 Å². The number of benzene rings is 2. The summed E-state index contributed by atoms with van der Waals surface area (Å²) < 4.78 is 14.6. The third kappa shape index (κ3) is 5.53. The van der Waals surface area contributed by atoms with E-state index in [4.69, 9.17) is 0 Å². The molecule has 1 heterocycles. The SMILES string of the molecule is Cl.O=C(CC1CCCN1)NC(c1cccc(F)c1)c1cccc(Br)c1. The summed E-state index contributed by atoms with van der Waals surface area (Å²) in [5.74, 6) is -0.331. The molecule has 3 rings (SSSR count). The molecule has 0 radical (unpaired) electrons. The Morgan fingerprint density at radius 2 is 1.96 bits per heavy atom. The molecule has 2 N–H and O–H groups in total. The molecule has 2 unspecified atom stereocenters. The maximum absolute atomic E-state index is 13.7. The van der Waals surface area contributed by atoms with Gasteiger partial charge in [-0.3, -0.25) is 4.79 Å². The van der Waals surface area contributed by atoms with Crippen LogP contribution in [0.5, 0.6) is 0 Å². The Bertz CT molecular complexity index is 677. The first-order chi connectivity index (χ1) is 11.6. The minimum absolute atomic E-state index is 0. The molecule has 2 atom stereocenters. The van der Waals surface area contributed by atoms with E-state index < -0.39 is 0 Å². The van der Waals surface area contributed by atoms with Crippen LogP contribution < -0.4 is 10.6 Å². The first-order valence-electron chi connectivity index (χ1n) is 8.15. The Morgan fingerprint density at radius 3 is 2.60 bits per heavy atom. The van der Waals surface area contributed by atoms with E-state index in [2.05, 4.69) is 26.6 Å². The molecular weight excluding hydrogens is 407 g/mol. The van der Waals surface area contributed by atoms with Gasteiger partial charge in [-0.25, -0.2) is 4.39 Å². The van der Waals surface area contributed by atoms with Crippen molar-refractivity contribution in [2.45, 2.75) is 31.3 Å². The third-order valence-corrected chi connectivity index (χ3v) is 4.76. The van der Waals surface area contributed by atoms with Gasteiger partial charge in [-0.15, -0.1) is 12.4 Å². The normalized spacial score (nSPS) is 17.6. The van der Waals surface area contributed by atoms with Gasteiger partial charge in [0.2, 0.25) is 5.91 Å². The summed E-state index contributed by atoms with van der Waals surface area (Å²) in [6.07, 6.45) is 2.58. The fraction of sp³-hybridized carbons (Fsp3) is 0.316. The van der Waals surface area contributed by atoms with E-state index >= 15 is 0 Å². The Balaban J connectivity index is 0.00000225. The number of rotatable bonds is 5. The monoisotopic (exact) mass is 426 g/mol. The zero-order valence-electron chi connectivity index (χ0n) is 13.7. The molecule has 0 aromatic heterocycles. The molecule has 0 spiro atoms. The van der Waals surface area contributed by atoms with E-state index in [9.17, 15) is 9.18 Å². The Hall–Kier alpha value is -1.43. The van der Waals surface area contributed by atoms with Crippen LogP contribution in [0.3, 0.4) is 0 Å². The Labute approximate surface area is 161 Å². The van der Waals surface area contributed by atoms with Crippen LogP contribution in [0, 0.1) is 5.82 Å². The zero-order chi connectivity index (χ0) is 16.9. The molecule has 0 aliphatic carbocycles. The molecule has 0 bridgehead atoms. The van der Waals surface area contributed by atoms with E-state index in [-0.39, 0.29) is 36.2 Å². The number of hydrogen-bond acceptors (Lipinski definition) is 2. The first kappa shape index (κ1) is 19.9. The van der Waals surface area contributed by atoms with E-state index in [0.717, 1.165) is 35.0 Å². The van der Waals surface area contributed by atoms with Crippen LogP contribution in [0.15, 0.2) is 53.0 Å². The second kappa shape index (κ2) is 9.32. The van der Waals surface area contributed by atoms with E-state index in [1.54, 1.807) is 6.07 Å².